The van der Waals surface area contributed by atoms with Gasteiger partial charge in [-0.3, -0.25) is 9.59 Å². The van der Waals surface area contributed by atoms with E-state index in [1.807, 2.05) is 45.0 Å². The van der Waals surface area contributed by atoms with Crippen molar-refractivity contribution in [3.63, 3.8) is 0 Å². The molecule has 0 fully saturated rings. The number of rotatable bonds is 20. The van der Waals surface area contributed by atoms with Crippen molar-refractivity contribution in [2.24, 2.45) is 0 Å². The van der Waals surface area contributed by atoms with Crippen molar-refractivity contribution in [3.05, 3.63) is 70.8 Å². The number of hydrogen-bond donors (Lipinski definition) is 4. The van der Waals surface area contributed by atoms with Crippen molar-refractivity contribution < 1.29 is 36.6 Å². The molecule has 246 valence electrons. The maximum absolute atomic E-state index is 14.0. The number of amides is 2. The number of sulfone groups is 1. The standard InChI is InChI=1S/C32H47F2N3O6S/c1-5-9-27(10-6-2)44(41,42)21-29(36-31(39)20-43-4)32(40)37-28(16-24-14-25(33)17-26(34)15-24)30(38)19-35-18-23-12-8-11-22(7-3)13-23/h8,11-15,17,27-30,35,38H,5-7,9-10,16,18-21H2,1-4H3,(H,36,39)(H,37,40)/t28-,29+,30+/m0/s1. The van der Waals surface area contributed by atoms with Gasteiger partial charge in [-0.05, 0) is 54.5 Å². The van der Waals surface area contributed by atoms with Crippen LogP contribution in [0.1, 0.15) is 63.1 Å². The molecule has 0 aliphatic rings. The summed E-state index contributed by atoms with van der Waals surface area (Å²) in [5, 5.41) is 18.7. The minimum absolute atomic E-state index is 0.00711. The van der Waals surface area contributed by atoms with E-state index in [-0.39, 0.29) is 18.5 Å². The van der Waals surface area contributed by atoms with E-state index >= 15 is 0 Å². The van der Waals surface area contributed by atoms with E-state index in [1.54, 1.807) is 0 Å². The number of methoxy groups -OCH3 is 1. The zero-order chi connectivity index (χ0) is 32.7. The second kappa shape index (κ2) is 18.8. The molecule has 0 saturated heterocycles. The molecule has 4 N–H and O–H groups in total. The molecule has 2 aromatic rings. The maximum Gasteiger partial charge on any atom is 0.246 e. The topological polar surface area (TPSA) is 134 Å². The molecule has 0 unspecified atom stereocenters. The van der Waals surface area contributed by atoms with Gasteiger partial charge < -0.3 is 25.8 Å². The zero-order valence-electron chi connectivity index (χ0n) is 26.1. The number of hydrogen-bond acceptors (Lipinski definition) is 7. The minimum Gasteiger partial charge on any atom is -0.390 e. The van der Waals surface area contributed by atoms with E-state index < -0.39 is 69.1 Å². The number of carbonyl (C=O) groups excluding carboxylic acids is 2. The Morgan fingerprint density at radius 2 is 1.57 bits per heavy atom. The van der Waals surface area contributed by atoms with Crippen LogP contribution in [0.4, 0.5) is 8.78 Å². The number of aryl methyl sites for hydroxylation is 1. The van der Waals surface area contributed by atoms with E-state index in [4.69, 9.17) is 4.74 Å². The van der Waals surface area contributed by atoms with Crippen LogP contribution in [0.2, 0.25) is 0 Å². The smallest absolute Gasteiger partial charge is 0.246 e. The summed E-state index contributed by atoms with van der Waals surface area (Å²) >= 11 is 0. The van der Waals surface area contributed by atoms with Gasteiger partial charge in [0.1, 0.15) is 24.3 Å². The minimum atomic E-state index is -3.82. The molecule has 0 aliphatic carbocycles. The highest BCUT2D eigenvalue weighted by Gasteiger charge is 2.34. The SMILES string of the molecule is CCCC(CCC)S(=O)(=O)C[C@@H](NC(=O)COC)C(=O)N[C@@H](Cc1cc(F)cc(F)c1)[C@H](O)CNCc1cccc(CC)c1. The van der Waals surface area contributed by atoms with Gasteiger partial charge in [-0.2, -0.15) is 0 Å². The molecule has 0 aliphatic heterocycles. The van der Waals surface area contributed by atoms with Crippen LogP contribution in [0.15, 0.2) is 42.5 Å². The first-order chi connectivity index (χ1) is 20.9. The van der Waals surface area contributed by atoms with Crippen LogP contribution in [0.25, 0.3) is 0 Å². The lowest BCUT2D eigenvalue weighted by molar-refractivity contribution is -0.131. The molecule has 0 aromatic heterocycles. The predicted octanol–water partition coefficient (Wildman–Crippen LogP) is 3.22. The molecular weight excluding hydrogens is 592 g/mol. The van der Waals surface area contributed by atoms with Crippen molar-refractivity contribution in [2.75, 3.05) is 26.0 Å². The molecule has 0 bridgehead atoms. The van der Waals surface area contributed by atoms with Gasteiger partial charge in [0.15, 0.2) is 9.84 Å². The number of nitrogens with one attached hydrogen (secondary N) is 3. The van der Waals surface area contributed by atoms with E-state index in [2.05, 4.69) is 16.0 Å². The van der Waals surface area contributed by atoms with E-state index in [9.17, 15) is 31.9 Å². The third kappa shape index (κ3) is 12.6. The second-order valence-corrected chi connectivity index (χ2v) is 13.4. The number of ether oxygens (including phenoxy) is 1. The second-order valence-electron chi connectivity index (χ2n) is 11.1. The van der Waals surface area contributed by atoms with Crippen molar-refractivity contribution >= 4 is 21.7 Å². The Morgan fingerprint density at radius 1 is 0.932 bits per heavy atom. The molecule has 9 nitrogen and oxygen atoms in total. The molecule has 44 heavy (non-hydrogen) atoms. The van der Waals surface area contributed by atoms with Gasteiger partial charge in [0.2, 0.25) is 11.8 Å². The Hall–Kier alpha value is -2.93. The van der Waals surface area contributed by atoms with Gasteiger partial charge in [0.05, 0.1) is 23.1 Å². The fourth-order valence-corrected chi connectivity index (χ4v) is 7.24. The van der Waals surface area contributed by atoms with E-state index in [0.29, 0.717) is 32.2 Å². The highest BCUT2D eigenvalue weighted by molar-refractivity contribution is 7.92. The lowest BCUT2D eigenvalue weighted by Crippen LogP contribution is -2.57. The highest BCUT2D eigenvalue weighted by Crippen LogP contribution is 2.18. The van der Waals surface area contributed by atoms with E-state index in [1.165, 1.54) is 7.11 Å². The van der Waals surface area contributed by atoms with Crippen LogP contribution in [-0.4, -0.2) is 74.8 Å². The van der Waals surface area contributed by atoms with Gasteiger partial charge >= 0.3 is 0 Å². The molecule has 2 amide bonds. The third-order valence-corrected chi connectivity index (χ3v) is 9.59. The lowest BCUT2D eigenvalue weighted by Gasteiger charge is -2.28. The molecule has 0 saturated carbocycles. The van der Waals surface area contributed by atoms with Crippen LogP contribution in [-0.2, 0) is 43.5 Å². The first kappa shape index (κ1) is 37.3. The Bertz CT molecular complexity index is 1280. The first-order valence-electron chi connectivity index (χ1n) is 15.1. The summed E-state index contributed by atoms with van der Waals surface area (Å²) < 4.78 is 59.6. The summed E-state index contributed by atoms with van der Waals surface area (Å²) in [5.74, 6) is -3.82. The fourth-order valence-electron chi connectivity index (χ4n) is 5.08. The summed E-state index contributed by atoms with van der Waals surface area (Å²) in [7, 11) is -2.53. The molecule has 0 radical (unpaired) electrons. The molecule has 2 rings (SSSR count). The molecule has 0 spiro atoms. The van der Waals surface area contributed by atoms with Crippen molar-refractivity contribution in [2.45, 2.75) is 89.3 Å². The molecular formula is C32H47F2N3O6S. The quantitative estimate of drug-likeness (QED) is 0.175. The Balaban J connectivity index is 2.31. The Morgan fingerprint density at radius 3 is 2.16 bits per heavy atom. The summed E-state index contributed by atoms with van der Waals surface area (Å²) in [6, 6.07) is 8.27. The maximum atomic E-state index is 14.0. The molecule has 0 heterocycles. The highest BCUT2D eigenvalue weighted by atomic mass is 32.2. The van der Waals surface area contributed by atoms with Crippen LogP contribution in [0, 0.1) is 11.6 Å². The number of aliphatic hydroxyl groups is 1. The number of carbonyl (C=O) groups is 2. The largest absolute Gasteiger partial charge is 0.390 e. The molecule has 3 atom stereocenters. The van der Waals surface area contributed by atoms with Crippen LogP contribution in [0.5, 0.6) is 0 Å². The number of halogens is 2. The summed E-state index contributed by atoms with van der Waals surface area (Å²) in [6.45, 7) is 5.83. The summed E-state index contributed by atoms with van der Waals surface area (Å²) in [5.41, 5.74) is 2.32. The molecule has 12 heteroatoms. The fraction of sp³-hybridized carbons (Fsp3) is 0.562. The average molecular weight is 640 g/mol. The van der Waals surface area contributed by atoms with Crippen molar-refractivity contribution in [1.29, 1.82) is 0 Å². The zero-order valence-corrected chi connectivity index (χ0v) is 26.9. The van der Waals surface area contributed by atoms with Crippen LogP contribution < -0.4 is 16.0 Å². The summed E-state index contributed by atoms with van der Waals surface area (Å²) in [4.78, 5) is 26.0. The Labute approximate surface area is 260 Å². The lowest BCUT2D eigenvalue weighted by atomic mass is 10.00. The van der Waals surface area contributed by atoms with Crippen molar-refractivity contribution in [1.82, 2.24) is 16.0 Å². The Kier molecular flexibility index (Phi) is 15.9. The van der Waals surface area contributed by atoms with Crippen LogP contribution >= 0.6 is 0 Å². The van der Waals surface area contributed by atoms with Gasteiger partial charge in [0.25, 0.3) is 0 Å². The average Bonchev–Trinajstić information content (AvgIpc) is 2.96. The number of benzene rings is 2. The monoisotopic (exact) mass is 639 g/mol. The van der Waals surface area contributed by atoms with Gasteiger partial charge in [0, 0.05) is 26.3 Å². The van der Waals surface area contributed by atoms with Gasteiger partial charge in [-0.15, -0.1) is 0 Å². The summed E-state index contributed by atoms with van der Waals surface area (Å²) in [6.07, 6.45) is 1.56. The van der Waals surface area contributed by atoms with E-state index in [0.717, 1.165) is 35.7 Å². The van der Waals surface area contributed by atoms with Gasteiger partial charge in [-0.25, -0.2) is 17.2 Å². The third-order valence-electron chi connectivity index (χ3n) is 7.31. The molecule has 2 aromatic carbocycles. The van der Waals surface area contributed by atoms with Crippen LogP contribution in [0.3, 0.4) is 0 Å². The first-order valence-corrected chi connectivity index (χ1v) is 16.9. The normalized spacial score (nSPS) is 13.8. The predicted molar refractivity (Wildman–Crippen MR) is 167 cm³/mol. The van der Waals surface area contributed by atoms with Crippen molar-refractivity contribution in [3.8, 4) is 0 Å². The van der Waals surface area contributed by atoms with Gasteiger partial charge in [-0.1, -0.05) is 57.9 Å². The number of aliphatic hydroxyl groups excluding tert-OH is 1.